The van der Waals surface area contributed by atoms with Gasteiger partial charge in [-0.15, -0.1) is 11.3 Å². The molecule has 0 aliphatic heterocycles. The molecule has 0 atom stereocenters. The minimum absolute atomic E-state index is 0.0714. The van der Waals surface area contributed by atoms with Gasteiger partial charge in [0.05, 0.1) is 16.8 Å². The standard InChI is InChI=1S/C15H14FNO3S/c16-10-3-1-4-11-9(10)7-12(21-11)14(20)17-15(5-2-6-15)8-13(18)19/h1,3-4,7H,2,5-6,8H2,(H,17,20)(H,18,19). The third-order valence-electron chi connectivity index (χ3n) is 3.91. The average molecular weight is 307 g/mol. The monoisotopic (exact) mass is 307 g/mol. The molecule has 110 valence electrons. The van der Waals surface area contributed by atoms with Crippen LogP contribution in [0.1, 0.15) is 35.4 Å². The van der Waals surface area contributed by atoms with Gasteiger partial charge < -0.3 is 10.4 Å². The van der Waals surface area contributed by atoms with Crippen LogP contribution in [0.3, 0.4) is 0 Å². The van der Waals surface area contributed by atoms with Crippen LogP contribution in [-0.2, 0) is 4.79 Å². The van der Waals surface area contributed by atoms with E-state index in [1.807, 2.05) is 0 Å². The molecule has 1 aromatic heterocycles. The first kappa shape index (κ1) is 14.0. The highest BCUT2D eigenvalue weighted by molar-refractivity contribution is 7.20. The maximum atomic E-state index is 13.6. The van der Waals surface area contributed by atoms with E-state index in [1.54, 1.807) is 12.1 Å². The van der Waals surface area contributed by atoms with Crippen LogP contribution in [0.4, 0.5) is 4.39 Å². The fraction of sp³-hybridized carbons (Fsp3) is 0.333. The summed E-state index contributed by atoms with van der Waals surface area (Å²) in [5.74, 6) is -1.60. The fourth-order valence-corrected chi connectivity index (χ4v) is 3.65. The Morgan fingerprint density at radius 1 is 1.38 bits per heavy atom. The molecule has 0 radical (unpaired) electrons. The van der Waals surface area contributed by atoms with E-state index in [9.17, 15) is 14.0 Å². The molecule has 2 aromatic rings. The summed E-state index contributed by atoms with van der Waals surface area (Å²) in [4.78, 5) is 23.6. The molecule has 0 unspecified atom stereocenters. The summed E-state index contributed by atoms with van der Waals surface area (Å²) in [6.45, 7) is 0. The number of thiophene rings is 1. The Morgan fingerprint density at radius 2 is 2.14 bits per heavy atom. The number of halogens is 1. The zero-order chi connectivity index (χ0) is 15.0. The zero-order valence-corrected chi connectivity index (χ0v) is 12.0. The summed E-state index contributed by atoms with van der Waals surface area (Å²) in [7, 11) is 0. The Balaban J connectivity index is 1.83. The van der Waals surface area contributed by atoms with Crippen molar-refractivity contribution >= 4 is 33.3 Å². The van der Waals surface area contributed by atoms with Crippen LogP contribution >= 0.6 is 11.3 Å². The summed E-state index contributed by atoms with van der Waals surface area (Å²) in [5.41, 5.74) is -0.641. The van der Waals surface area contributed by atoms with Crippen LogP contribution < -0.4 is 5.32 Å². The Hall–Kier alpha value is -1.95. The molecule has 0 saturated heterocycles. The van der Waals surface area contributed by atoms with Gasteiger partial charge in [-0.05, 0) is 37.5 Å². The quantitative estimate of drug-likeness (QED) is 0.911. The van der Waals surface area contributed by atoms with E-state index < -0.39 is 11.5 Å². The molecular weight excluding hydrogens is 293 g/mol. The van der Waals surface area contributed by atoms with Crippen molar-refractivity contribution in [1.29, 1.82) is 0 Å². The number of carboxylic acids is 1. The van der Waals surface area contributed by atoms with E-state index in [2.05, 4.69) is 5.32 Å². The first-order valence-corrected chi connectivity index (χ1v) is 7.53. The molecule has 3 rings (SSSR count). The summed E-state index contributed by atoms with van der Waals surface area (Å²) < 4.78 is 14.4. The molecular formula is C15H14FNO3S. The lowest BCUT2D eigenvalue weighted by molar-refractivity contribution is -0.139. The molecule has 1 aliphatic rings. The summed E-state index contributed by atoms with van der Waals surface area (Å²) >= 11 is 1.21. The minimum atomic E-state index is -0.919. The lowest BCUT2D eigenvalue weighted by atomic mass is 9.74. The smallest absolute Gasteiger partial charge is 0.305 e. The summed E-state index contributed by atoms with van der Waals surface area (Å²) in [6.07, 6.45) is 2.18. The molecule has 0 bridgehead atoms. The van der Waals surface area contributed by atoms with E-state index in [1.165, 1.54) is 23.5 Å². The lowest BCUT2D eigenvalue weighted by Crippen LogP contribution is -2.54. The van der Waals surface area contributed by atoms with Crippen molar-refractivity contribution in [2.45, 2.75) is 31.2 Å². The molecule has 1 aliphatic carbocycles. The van der Waals surface area contributed by atoms with Crippen LogP contribution in [0.25, 0.3) is 10.1 Å². The number of amides is 1. The van der Waals surface area contributed by atoms with Crippen LogP contribution in [0.15, 0.2) is 24.3 Å². The Labute approximate surface area is 124 Å². The van der Waals surface area contributed by atoms with Crippen molar-refractivity contribution in [3.05, 3.63) is 35.0 Å². The number of carbonyl (C=O) groups is 2. The highest BCUT2D eigenvalue weighted by Gasteiger charge is 2.40. The van der Waals surface area contributed by atoms with Crippen LogP contribution in [0.5, 0.6) is 0 Å². The molecule has 2 N–H and O–H groups in total. The first-order chi connectivity index (χ1) is 9.99. The van der Waals surface area contributed by atoms with Crippen molar-refractivity contribution in [2.75, 3.05) is 0 Å². The molecule has 6 heteroatoms. The van der Waals surface area contributed by atoms with Crippen molar-refractivity contribution < 1.29 is 19.1 Å². The Bertz CT molecular complexity index is 721. The Morgan fingerprint density at radius 3 is 2.71 bits per heavy atom. The maximum Gasteiger partial charge on any atom is 0.305 e. The molecule has 0 spiro atoms. The van der Waals surface area contributed by atoms with E-state index in [-0.39, 0.29) is 18.1 Å². The molecule has 4 nitrogen and oxygen atoms in total. The molecule has 21 heavy (non-hydrogen) atoms. The van der Waals surface area contributed by atoms with Gasteiger partial charge in [0, 0.05) is 10.1 Å². The van der Waals surface area contributed by atoms with Gasteiger partial charge in [-0.25, -0.2) is 4.39 Å². The topological polar surface area (TPSA) is 66.4 Å². The minimum Gasteiger partial charge on any atom is -0.481 e. The van der Waals surface area contributed by atoms with Crippen molar-refractivity contribution in [2.24, 2.45) is 0 Å². The molecule has 1 fully saturated rings. The van der Waals surface area contributed by atoms with Gasteiger partial charge in [0.2, 0.25) is 0 Å². The van der Waals surface area contributed by atoms with Gasteiger partial charge in [-0.1, -0.05) is 6.07 Å². The largest absolute Gasteiger partial charge is 0.481 e. The predicted octanol–water partition coefficient (Wildman–Crippen LogP) is 3.17. The number of fused-ring (bicyclic) bond motifs is 1. The Kier molecular flexibility index (Phi) is 3.41. The second-order valence-corrected chi connectivity index (χ2v) is 6.50. The number of carboxylic acid groups (broad SMARTS) is 1. The lowest BCUT2D eigenvalue weighted by Gasteiger charge is -2.41. The average Bonchev–Trinajstić information content (AvgIpc) is 2.81. The second kappa shape index (κ2) is 5.11. The SMILES string of the molecule is O=C(O)CC1(NC(=O)c2cc3c(F)cccc3s2)CCC1. The zero-order valence-electron chi connectivity index (χ0n) is 11.2. The van der Waals surface area contributed by atoms with E-state index in [0.717, 1.165) is 6.42 Å². The van der Waals surface area contributed by atoms with Gasteiger partial charge >= 0.3 is 5.97 Å². The summed E-state index contributed by atoms with van der Waals surface area (Å²) in [5, 5.41) is 12.2. The fourth-order valence-electron chi connectivity index (χ4n) is 2.68. The van der Waals surface area contributed by atoms with Crippen LogP contribution in [-0.4, -0.2) is 22.5 Å². The van der Waals surface area contributed by atoms with Gasteiger partial charge in [0.1, 0.15) is 5.82 Å². The van der Waals surface area contributed by atoms with E-state index >= 15 is 0 Å². The number of rotatable bonds is 4. The maximum absolute atomic E-state index is 13.6. The number of carbonyl (C=O) groups excluding carboxylic acids is 1. The van der Waals surface area contributed by atoms with Crippen molar-refractivity contribution in [1.82, 2.24) is 5.32 Å². The number of hydrogen-bond acceptors (Lipinski definition) is 3. The highest BCUT2D eigenvalue weighted by Crippen LogP contribution is 2.36. The number of hydrogen-bond donors (Lipinski definition) is 2. The summed E-state index contributed by atoms with van der Waals surface area (Å²) in [6, 6.07) is 6.25. The highest BCUT2D eigenvalue weighted by atomic mass is 32.1. The first-order valence-electron chi connectivity index (χ1n) is 6.71. The number of aliphatic carboxylic acids is 1. The van der Waals surface area contributed by atoms with Gasteiger partial charge in [-0.3, -0.25) is 9.59 Å². The third-order valence-corrected chi connectivity index (χ3v) is 5.01. The second-order valence-electron chi connectivity index (χ2n) is 5.42. The van der Waals surface area contributed by atoms with Gasteiger partial charge in [0.15, 0.2) is 0 Å². The number of benzene rings is 1. The van der Waals surface area contributed by atoms with Gasteiger partial charge in [-0.2, -0.15) is 0 Å². The van der Waals surface area contributed by atoms with Crippen molar-refractivity contribution in [3.8, 4) is 0 Å². The normalized spacial score (nSPS) is 16.4. The van der Waals surface area contributed by atoms with E-state index in [4.69, 9.17) is 5.11 Å². The van der Waals surface area contributed by atoms with Gasteiger partial charge in [0.25, 0.3) is 5.91 Å². The molecule has 1 heterocycles. The number of nitrogens with one attached hydrogen (secondary N) is 1. The van der Waals surface area contributed by atoms with Crippen molar-refractivity contribution in [3.63, 3.8) is 0 Å². The van der Waals surface area contributed by atoms with E-state index in [0.29, 0.717) is 27.8 Å². The van der Waals surface area contributed by atoms with Crippen LogP contribution in [0, 0.1) is 5.82 Å². The predicted molar refractivity (Wildman–Crippen MR) is 78.1 cm³/mol. The third kappa shape index (κ3) is 2.63. The molecule has 1 saturated carbocycles. The molecule has 1 amide bonds. The molecule has 1 aromatic carbocycles. The van der Waals surface area contributed by atoms with Crippen LogP contribution in [0.2, 0.25) is 0 Å².